The van der Waals surface area contributed by atoms with Gasteiger partial charge in [-0.15, -0.1) is 0 Å². The van der Waals surface area contributed by atoms with Crippen molar-refractivity contribution in [3.63, 3.8) is 0 Å². The van der Waals surface area contributed by atoms with Gasteiger partial charge in [0.1, 0.15) is 0 Å². The largest absolute Gasteiger partial charge is 0.417 e. The highest BCUT2D eigenvalue weighted by Crippen LogP contribution is 2.16. The molecule has 0 amide bonds. The first-order chi connectivity index (χ1) is 8.07. The molecule has 0 aromatic heterocycles. The van der Waals surface area contributed by atoms with Crippen LogP contribution in [0.3, 0.4) is 0 Å². The molecule has 0 saturated heterocycles. The molecule has 0 fully saturated rings. The zero-order chi connectivity index (χ0) is 12.7. The van der Waals surface area contributed by atoms with Crippen LogP contribution in [0.4, 0.5) is 0 Å². The van der Waals surface area contributed by atoms with E-state index in [1.54, 1.807) is 0 Å². The molecule has 0 radical (unpaired) electrons. The fourth-order valence-corrected chi connectivity index (χ4v) is 4.01. The first kappa shape index (κ1) is 14.5. The molecule has 0 aliphatic carbocycles. The van der Waals surface area contributed by atoms with Gasteiger partial charge in [-0.25, -0.2) is 0 Å². The van der Waals surface area contributed by atoms with Crippen LogP contribution in [-0.4, -0.2) is 14.9 Å². The van der Waals surface area contributed by atoms with E-state index in [1.165, 1.54) is 18.4 Å². The summed E-state index contributed by atoms with van der Waals surface area (Å²) >= 11 is 0. The Morgan fingerprint density at radius 2 is 1.65 bits per heavy atom. The fraction of sp³-hybridized carbons (Fsp3) is 0.600. The molecule has 0 atom stereocenters. The summed E-state index contributed by atoms with van der Waals surface area (Å²) in [5, 5.41) is 0. The lowest BCUT2D eigenvalue weighted by Crippen LogP contribution is -2.35. The Balaban J connectivity index is 2.46. The number of benzene rings is 1. The van der Waals surface area contributed by atoms with Gasteiger partial charge in [0.15, 0.2) is 8.32 Å². The smallest absolute Gasteiger partial charge is 0.191 e. The Labute approximate surface area is 107 Å². The molecular weight excluding hydrogens is 224 g/mol. The van der Waals surface area contributed by atoms with Crippen molar-refractivity contribution in [2.75, 3.05) is 6.61 Å². The van der Waals surface area contributed by atoms with Crippen molar-refractivity contribution < 1.29 is 4.43 Å². The van der Waals surface area contributed by atoms with Gasteiger partial charge in [-0.05, 0) is 30.6 Å². The van der Waals surface area contributed by atoms with Gasteiger partial charge < -0.3 is 4.43 Å². The first-order valence-corrected chi connectivity index (χ1v) is 9.86. The topological polar surface area (TPSA) is 9.23 Å². The van der Waals surface area contributed by atoms with Crippen LogP contribution in [0.15, 0.2) is 30.3 Å². The van der Waals surface area contributed by atoms with Crippen molar-refractivity contribution in [1.82, 2.24) is 0 Å². The average molecular weight is 250 g/mol. The summed E-state index contributed by atoms with van der Waals surface area (Å²) in [5.74, 6) is 0.734. The fourth-order valence-electron chi connectivity index (χ4n) is 2.01. The zero-order valence-electron chi connectivity index (χ0n) is 11.7. The summed E-state index contributed by atoms with van der Waals surface area (Å²) < 4.78 is 6.22. The summed E-state index contributed by atoms with van der Waals surface area (Å²) in [6, 6.07) is 11.8. The van der Waals surface area contributed by atoms with E-state index in [0.29, 0.717) is 0 Å². The van der Waals surface area contributed by atoms with Crippen molar-refractivity contribution in [1.29, 1.82) is 0 Å². The zero-order valence-corrected chi connectivity index (χ0v) is 12.7. The predicted molar refractivity (Wildman–Crippen MR) is 77.7 cm³/mol. The Hall–Kier alpha value is -0.603. The first-order valence-electron chi connectivity index (χ1n) is 6.75. The lowest BCUT2D eigenvalue weighted by Gasteiger charge is -2.25. The van der Waals surface area contributed by atoms with Crippen molar-refractivity contribution in [3.8, 4) is 0 Å². The Morgan fingerprint density at radius 1 is 1.06 bits per heavy atom. The summed E-state index contributed by atoms with van der Waals surface area (Å²) in [6.07, 6.45) is 2.46. The molecule has 0 aliphatic rings. The van der Waals surface area contributed by atoms with E-state index in [2.05, 4.69) is 57.3 Å². The standard InChI is InChI=1S/C15H26OSi/c1-5-14(6-2)12-16-17(3,4)13-15-10-8-7-9-11-15/h7-11,14H,5-6,12-13H2,1-4H3. The van der Waals surface area contributed by atoms with E-state index < -0.39 is 8.32 Å². The molecule has 0 saturated carbocycles. The summed E-state index contributed by atoms with van der Waals surface area (Å²) in [7, 11) is -1.54. The second-order valence-corrected chi connectivity index (χ2v) is 9.58. The van der Waals surface area contributed by atoms with Crippen LogP contribution >= 0.6 is 0 Å². The molecule has 0 heterocycles. The van der Waals surface area contributed by atoms with Gasteiger partial charge in [-0.1, -0.05) is 57.0 Å². The maximum Gasteiger partial charge on any atom is 0.191 e. The van der Waals surface area contributed by atoms with Crippen molar-refractivity contribution in [2.45, 2.75) is 45.8 Å². The molecule has 96 valence electrons. The number of rotatable bonds is 7. The van der Waals surface area contributed by atoms with E-state index in [-0.39, 0.29) is 0 Å². The van der Waals surface area contributed by atoms with Gasteiger partial charge in [0.25, 0.3) is 0 Å². The van der Waals surface area contributed by atoms with Crippen LogP contribution in [0.2, 0.25) is 13.1 Å². The van der Waals surface area contributed by atoms with Crippen LogP contribution in [0.1, 0.15) is 32.3 Å². The second kappa shape index (κ2) is 6.97. The SMILES string of the molecule is CCC(CC)CO[Si](C)(C)Cc1ccccc1. The van der Waals surface area contributed by atoms with Crippen LogP contribution in [0.25, 0.3) is 0 Å². The van der Waals surface area contributed by atoms with E-state index in [1.807, 2.05) is 0 Å². The third-order valence-corrected chi connectivity index (χ3v) is 5.54. The molecule has 0 N–H and O–H groups in total. The van der Waals surface area contributed by atoms with E-state index in [4.69, 9.17) is 4.43 Å². The molecule has 0 spiro atoms. The van der Waals surface area contributed by atoms with Crippen molar-refractivity contribution >= 4 is 8.32 Å². The minimum atomic E-state index is -1.54. The molecule has 0 aliphatic heterocycles. The number of hydrogen-bond donors (Lipinski definition) is 0. The Bertz CT molecular complexity index is 304. The third kappa shape index (κ3) is 5.51. The maximum absolute atomic E-state index is 6.22. The molecule has 1 rings (SSSR count). The molecule has 1 aromatic carbocycles. The van der Waals surface area contributed by atoms with Gasteiger partial charge in [0.2, 0.25) is 0 Å². The summed E-state index contributed by atoms with van der Waals surface area (Å²) in [6.45, 7) is 10.1. The van der Waals surface area contributed by atoms with Gasteiger partial charge in [-0.3, -0.25) is 0 Å². The molecule has 1 nitrogen and oxygen atoms in total. The Kier molecular flexibility index (Phi) is 5.93. The average Bonchev–Trinajstić information content (AvgIpc) is 2.31. The van der Waals surface area contributed by atoms with Gasteiger partial charge in [-0.2, -0.15) is 0 Å². The second-order valence-electron chi connectivity index (χ2n) is 5.42. The Morgan fingerprint density at radius 3 is 2.18 bits per heavy atom. The van der Waals surface area contributed by atoms with Gasteiger partial charge in [0.05, 0.1) is 0 Å². The molecule has 0 unspecified atom stereocenters. The molecule has 1 aromatic rings. The normalized spacial score (nSPS) is 12.1. The molecule has 0 bridgehead atoms. The molecule has 2 heteroatoms. The third-order valence-electron chi connectivity index (χ3n) is 3.34. The van der Waals surface area contributed by atoms with Crippen LogP contribution in [-0.2, 0) is 10.5 Å². The van der Waals surface area contributed by atoms with E-state index in [0.717, 1.165) is 18.6 Å². The highest BCUT2D eigenvalue weighted by atomic mass is 28.4. The van der Waals surface area contributed by atoms with Gasteiger partial charge in [0, 0.05) is 6.61 Å². The highest BCUT2D eigenvalue weighted by Gasteiger charge is 2.23. The quantitative estimate of drug-likeness (QED) is 0.651. The monoisotopic (exact) mass is 250 g/mol. The maximum atomic E-state index is 6.22. The van der Waals surface area contributed by atoms with Crippen molar-refractivity contribution in [2.24, 2.45) is 5.92 Å². The minimum Gasteiger partial charge on any atom is -0.417 e. The summed E-state index contributed by atoms with van der Waals surface area (Å²) in [5.41, 5.74) is 1.41. The van der Waals surface area contributed by atoms with E-state index in [9.17, 15) is 0 Å². The molecular formula is C15H26OSi. The summed E-state index contributed by atoms with van der Waals surface area (Å²) in [4.78, 5) is 0. The lowest BCUT2D eigenvalue weighted by atomic mass is 10.1. The van der Waals surface area contributed by atoms with Crippen LogP contribution in [0, 0.1) is 5.92 Å². The molecule has 17 heavy (non-hydrogen) atoms. The highest BCUT2D eigenvalue weighted by molar-refractivity contribution is 6.70. The lowest BCUT2D eigenvalue weighted by molar-refractivity contribution is 0.231. The van der Waals surface area contributed by atoms with Crippen LogP contribution in [0.5, 0.6) is 0 Å². The predicted octanol–water partition coefficient (Wildman–Crippen LogP) is 4.43. The minimum absolute atomic E-state index is 0.734. The van der Waals surface area contributed by atoms with E-state index >= 15 is 0 Å². The van der Waals surface area contributed by atoms with Crippen molar-refractivity contribution in [3.05, 3.63) is 35.9 Å². The van der Waals surface area contributed by atoms with Crippen LogP contribution < -0.4 is 0 Å². The number of hydrogen-bond acceptors (Lipinski definition) is 1. The van der Waals surface area contributed by atoms with Gasteiger partial charge >= 0.3 is 0 Å².